The molecule has 1 aromatic heterocycles. The zero-order valence-electron chi connectivity index (χ0n) is 12.8. The number of hydrogen-bond donors (Lipinski definition) is 2. The van der Waals surface area contributed by atoms with E-state index in [4.69, 9.17) is 4.74 Å². The predicted octanol–water partition coefficient (Wildman–Crippen LogP) is 2.37. The largest absolute Gasteiger partial charge is 0.494 e. The summed E-state index contributed by atoms with van der Waals surface area (Å²) in [5.74, 6) is 0.269. The Morgan fingerprint density at radius 2 is 1.87 bits per heavy atom. The van der Waals surface area contributed by atoms with Crippen molar-refractivity contribution in [1.82, 2.24) is 4.72 Å². The molecule has 0 aliphatic carbocycles. The van der Waals surface area contributed by atoms with Crippen molar-refractivity contribution in [2.45, 2.75) is 18.1 Å². The molecule has 1 aromatic carbocycles. The van der Waals surface area contributed by atoms with E-state index in [-0.39, 0.29) is 10.8 Å². The second-order valence-corrected chi connectivity index (χ2v) is 7.98. The number of aryl methyl sites for hydroxylation is 1. The van der Waals surface area contributed by atoms with Crippen molar-refractivity contribution in [1.29, 1.82) is 0 Å². The lowest BCUT2D eigenvalue weighted by Crippen LogP contribution is -2.32. The highest BCUT2D eigenvalue weighted by Gasteiger charge is 2.17. The monoisotopic (exact) mass is 354 g/mol. The summed E-state index contributed by atoms with van der Waals surface area (Å²) in [6.45, 7) is 3.95. The molecule has 0 aliphatic rings. The van der Waals surface area contributed by atoms with Crippen molar-refractivity contribution in [2.75, 3.05) is 18.5 Å². The van der Waals surface area contributed by atoms with Crippen molar-refractivity contribution in [2.24, 2.45) is 0 Å². The third kappa shape index (κ3) is 5.05. The van der Waals surface area contributed by atoms with Gasteiger partial charge in [0, 0.05) is 10.6 Å². The Labute approximate surface area is 139 Å². The summed E-state index contributed by atoms with van der Waals surface area (Å²) in [6.07, 6.45) is 0. The van der Waals surface area contributed by atoms with Crippen molar-refractivity contribution in [3.63, 3.8) is 0 Å². The van der Waals surface area contributed by atoms with Crippen LogP contribution in [0.1, 0.15) is 11.8 Å². The Kier molecular flexibility index (Phi) is 5.75. The Morgan fingerprint density at radius 3 is 2.43 bits per heavy atom. The molecule has 1 heterocycles. The van der Waals surface area contributed by atoms with Crippen LogP contribution in [-0.2, 0) is 14.8 Å². The second-order valence-electron chi connectivity index (χ2n) is 4.70. The molecule has 1 amide bonds. The first-order valence-corrected chi connectivity index (χ1v) is 9.29. The van der Waals surface area contributed by atoms with Gasteiger partial charge in [-0.1, -0.05) is 0 Å². The number of rotatable bonds is 7. The van der Waals surface area contributed by atoms with E-state index < -0.39 is 15.9 Å². The highest BCUT2D eigenvalue weighted by molar-refractivity contribution is 7.91. The highest BCUT2D eigenvalue weighted by Crippen LogP contribution is 2.20. The second kappa shape index (κ2) is 7.58. The first kappa shape index (κ1) is 17.5. The quantitative estimate of drug-likeness (QED) is 0.799. The van der Waals surface area contributed by atoms with Crippen LogP contribution in [0.2, 0.25) is 0 Å². The van der Waals surface area contributed by atoms with Gasteiger partial charge in [-0.15, -0.1) is 11.3 Å². The minimum Gasteiger partial charge on any atom is -0.494 e. The van der Waals surface area contributed by atoms with E-state index in [9.17, 15) is 13.2 Å². The molecule has 0 spiro atoms. The fourth-order valence-electron chi connectivity index (χ4n) is 1.79. The fourth-order valence-corrected chi connectivity index (χ4v) is 4.10. The molecule has 2 rings (SSSR count). The summed E-state index contributed by atoms with van der Waals surface area (Å²) < 4.78 is 31.8. The van der Waals surface area contributed by atoms with Crippen molar-refractivity contribution in [3.05, 3.63) is 41.3 Å². The molecule has 2 aromatic rings. The topological polar surface area (TPSA) is 84.5 Å². The normalized spacial score (nSPS) is 11.2. The maximum Gasteiger partial charge on any atom is 0.250 e. The third-order valence-corrected chi connectivity index (χ3v) is 5.75. The van der Waals surface area contributed by atoms with Crippen LogP contribution in [0.25, 0.3) is 0 Å². The predicted molar refractivity (Wildman–Crippen MR) is 90.5 cm³/mol. The minimum absolute atomic E-state index is 0.198. The molecule has 0 unspecified atom stereocenters. The first-order chi connectivity index (χ1) is 10.9. The van der Waals surface area contributed by atoms with Crippen LogP contribution in [0.15, 0.2) is 40.6 Å². The smallest absolute Gasteiger partial charge is 0.250 e. The summed E-state index contributed by atoms with van der Waals surface area (Å²) in [5.41, 5.74) is 0.574. The first-order valence-electron chi connectivity index (χ1n) is 6.99. The van der Waals surface area contributed by atoms with E-state index in [1.165, 1.54) is 6.07 Å². The lowest BCUT2D eigenvalue weighted by Gasteiger charge is -2.08. The molecule has 0 aliphatic heterocycles. The number of anilines is 1. The zero-order valence-corrected chi connectivity index (χ0v) is 14.5. The molecule has 0 atom stereocenters. The van der Waals surface area contributed by atoms with E-state index in [1.54, 1.807) is 30.3 Å². The Balaban J connectivity index is 1.89. The van der Waals surface area contributed by atoms with Crippen LogP contribution >= 0.6 is 11.3 Å². The zero-order chi connectivity index (χ0) is 16.9. The summed E-state index contributed by atoms with van der Waals surface area (Å²) >= 11 is 1.16. The van der Waals surface area contributed by atoms with Crippen molar-refractivity contribution in [3.8, 4) is 5.75 Å². The summed E-state index contributed by atoms with van der Waals surface area (Å²) in [7, 11) is -3.65. The SMILES string of the molecule is CCOc1ccc(NC(=O)CNS(=O)(=O)c2ccc(C)s2)cc1. The van der Waals surface area contributed by atoms with Crippen LogP contribution in [-0.4, -0.2) is 27.5 Å². The van der Waals surface area contributed by atoms with Crippen LogP contribution in [0.4, 0.5) is 5.69 Å². The Bertz CT molecular complexity index is 767. The number of benzene rings is 1. The van der Waals surface area contributed by atoms with Gasteiger partial charge >= 0.3 is 0 Å². The molecule has 0 radical (unpaired) electrons. The third-order valence-electron chi connectivity index (χ3n) is 2.85. The molecule has 0 fully saturated rings. The van der Waals surface area contributed by atoms with Gasteiger partial charge in [0.25, 0.3) is 10.0 Å². The molecule has 8 heteroatoms. The molecule has 0 saturated heterocycles. The maximum atomic E-state index is 12.0. The van der Waals surface area contributed by atoms with Gasteiger partial charge in [-0.05, 0) is 50.2 Å². The minimum atomic E-state index is -3.65. The average Bonchev–Trinajstić information content (AvgIpc) is 2.95. The molecule has 6 nitrogen and oxygen atoms in total. The number of carbonyl (C=O) groups excluding carboxylic acids is 1. The number of carbonyl (C=O) groups is 1. The van der Waals surface area contributed by atoms with Gasteiger partial charge in [0.15, 0.2) is 0 Å². The van der Waals surface area contributed by atoms with Crippen molar-refractivity contribution < 1.29 is 17.9 Å². The van der Waals surface area contributed by atoms with Crippen LogP contribution in [0, 0.1) is 6.92 Å². The average molecular weight is 354 g/mol. The molecule has 23 heavy (non-hydrogen) atoms. The Hall–Kier alpha value is -1.90. The number of amides is 1. The standard InChI is InChI=1S/C15H18N2O4S2/c1-3-21-13-7-5-12(6-8-13)17-14(18)10-16-23(19,20)15-9-4-11(2)22-15/h4-9,16H,3,10H2,1-2H3,(H,17,18). The number of ether oxygens (including phenoxy) is 1. The van der Waals surface area contributed by atoms with Gasteiger partial charge in [-0.2, -0.15) is 0 Å². The molecular formula is C15H18N2O4S2. The van der Waals surface area contributed by atoms with Crippen LogP contribution < -0.4 is 14.8 Å². The lowest BCUT2D eigenvalue weighted by atomic mass is 10.3. The van der Waals surface area contributed by atoms with E-state index in [0.717, 1.165) is 16.2 Å². The fraction of sp³-hybridized carbons (Fsp3) is 0.267. The lowest BCUT2D eigenvalue weighted by molar-refractivity contribution is -0.115. The van der Waals surface area contributed by atoms with Gasteiger partial charge in [0.2, 0.25) is 5.91 Å². The molecule has 2 N–H and O–H groups in total. The number of nitrogens with one attached hydrogen (secondary N) is 2. The summed E-state index contributed by atoms with van der Waals surface area (Å²) in [5, 5.41) is 2.62. The van der Waals surface area contributed by atoms with E-state index in [0.29, 0.717) is 18.0 Å². The molecular weight excluding hydrogens is 336 g/mol. The molecule has 124 valence electrons. The van der Waals surface area contributed by atoms with Gasteiger partial charge in [0.05, 0.1) is 13.2 Å². The van der Waals surface area contributed by atoms with Crippen molar-refractivity contribution >= 4 is 33.0 Å². The Morgan fingerprint density at radius 1 is 1.17 bits per heavy atom. The van der Waals surface area contributed by atoms with Gasteiger partial charge in [0.1, 0.15) is 9.96 Å². The summed E-state index contributed by atoms with van der Waals surface area (Å²) in [6, 6.07) is 10.1. The summed E-state index contributed by atoms with van der Waals surface area (Å²) in [4.78, 5) is 12.7. The van der Waals surface area contributed by atoms with E-state index in [1.807, 2.05) is 13.8 Å². The highest BCUT2D eigenvalue weighted by atomic mass is 32.2. The number of sulfonamides is 1. The number of hydrogen-bond acceptors (Lipinski definition) is 5. The maximum absolute atomic E-state index is 12.0. The van der Waals surface area contributed by atoms with Gasteiger partial charge in [-0.25, -0.2) is 13.1 Å². The molecule has 0 bridgehead atoms. The molecule has 0 saturated carbocycles. The van der Waals surface area contributed by atoms with Crippen LogP contribution in [0.3, 0.4) is 0 Å². The van der Waals surface area contributed by atoms with Gasteiger partial charge < -0.3 is 10.1 Å². The van der Waals surface area contributed by atoms with Gasteiger partial charge in [-0.3, -0.25) is 4.79 Å². The van der Waals surface area contributed by atoms with Crippen LogP contribution in [0.5, 0.6) is 5.75 Å². The number of thiophene rings is 1. The van der Waals surface area contributed by atoms with E-state index in [2.05, 4.69) is 10.0 Å². The van der Waals surface area contributed by atoms with E-state index >= 15 is 0 Å².